The summed E-state index contributed by atoms with van der Waals surface area (Å²) >= 11 is 0. The lowest BCUT2D eigenvalue weighted by molar-refractivity contribution is -0.140. The molecule has 0 spiro atoms. The van der Waals surface area contributed by atoms with Crippen LogP contribution in [0, 0.1) is 5.92 Å². The van der Waals surface area contributed by atoms with E-state index in [2.05, 4.69) is 24.1 Å². The summed E-state index contributed by atoms with van der Waals surface area (Å²) in [7, 11) is 0. The molecule has 17 heavy (non-hydrogen) atoms. The number of nitrogens with zero attached hydrogens (tertiary/aromatic N) is 1. The summed E-state index contributed by atoms with van der Waals surface area (Å²) in [6.07, 6.45) is 2.45. The molecule has 0 aromatic rings. The Hall–Kier alpha value is -0.610. The lowest BCUT2D eigenvalue weighted by Crippen LogP contribution is -2.49. The number of hydrogen-bond donors (Lipinski definition) is 2. The Balaban J connectivity index is 2.52. The number of carboxylic acid groups (broad SMARTS) is 1. The van der Waals surface area contributed by atoms with Crippen LogP contribution < -0.4 is 5.32 Å². The van der Waals surface area contributed by atoms with Gasteiger partial charge < -0.3 is 10.4 Å². The fraction of sp³-hybridized carbons (Fsp3) is 0.923. The van der Waals surface area contributed by atoms with E-state index < -0.39 is 12.0 Å². The van der Waals surface area contributed by atoms with Gasteiger partial charge in [-0.3, -0.25) is 9.69 Å². The fourth-order valence-electron chi connectivity index (χ4n) is 2.12. The van der Waals surface area contributed by atoms with Gasteiger partial charge in [-0.1, -0.05) is 27.7 Å². The Labute approximate surface area is 104 Å². The average molecular weight is 242 g/mol. The van der Waals surface area contributed by atoms with Gasteiger partial charge in [0.25, 0.3) is 0 Å². The summed E-state index contributed by atoms with van der Waals surface area (Å²) in [5.74, 6) is -0.155. The largest absolute Gasteiger partial charge is 0.480 e. The second kappa shape index (κ2) is 6.36. The van der Waals surface area contributed by atoms with Gasteiger partial charge in [-0.05, 0) is 18.8 Å². The Morgan fingerprint density at radius 1 is 1.29 bits per heavy atom. The first kappa shape index (κ1) is 14.5. The maximum atomic E-state index is 11.2. The molecule has 1 aliphatic rings. The minimum Gasteiger partial charge on any atom is -0.480 e. The van der Waals surface area contributed by atoms with Crippen LogP contribution in [0.1, 0.15) is 40.5 Å². The highest BCUT2D eigenvalue weighted by Gasteiger charge is 2.32. The first-order chi connectivity index (χ1) is 7.90. The smallest absolute Gasteiger partial charge is 0.322 e. The number of rotatable bonds is 8. The molecule has 1 aliphatic carbocycles. The van der Waals surface area contributed by atoms with Crippen LogP contribution in [0.25, 0.3) is 0 Å². The summed E-state index contributed by atoms with van der Waals surface area (Å²) in [5.41, 5.74) is 0. The molecule has 0 aromatic heterocycles. The summed E-state index contributed by atoms with van der Waals surface area (Å²) < 4.78 is 0. The summed E-state index contributed by atoms with van der Waals surface area (Å²) in [6, 6.07) is 0.374. The second-order valence-electron chi connectivity index (χ2n) is 5.79. The minimum atomic E-state index is -0.742. The Morgan fingerprint density at radius 2 is 1.88 bits per heavy atom. The van der Waals surface area contributed by atoms with Gasteiger partial charge in [-0.25, -0.2) is 0 Å². The third kappa shape index (κ3) is 5.50. The van der Waals surface area contributed by atoms with E-state index in [1.807, 2.05) is 13.8 Å². The van der Waals surface area contributed by atoms with Gasteiger partial charge >= 0.3 is 5.97 Å². The summed E-state index contributed by atoms with van der Waals surface area (Å²) in [4.78, 5) is 13.5. The van der Waals surface area contributed by atoms with E-state index in [1.165, 1.54) is 12.8 Å². The zero-order chi connectivity index (χ0) is 13.0. The quantitative estimate of drug-likeness (QED) is 0.678. The number of carbonyl (C=O) groups is 1. The Kier molecular flexibility index (Phi) is 5.40. The molecular weight excluding hydrogens is 216 g/mol. The molecule has 0 saturated heterocycles. The van der Waals surface area contributed by atoms with Crippen molar-refractivity contribution in [3.05, 3.63) is 0 Å². The van der Waals surface area contributed by atoms with Crippen molar-refractivity contribution < 1.29 is 9.90 Å². The fourth-order valence-corrected chi connectivity index (χ4v) is 2.12. The van der Waals surface area contributed by atoms with Crippen LogP contribution >= 0.6 is 0 Å². The summed E-state index contributed by atoms with van der Waals surface area (Å²) in [5, 5.41) is 12.3. The highest BCUT2D eigenvalue weighted by Crippen LogP contribution is 2.27. The highest BCUT2D eigenvalue weighted by molar-refractivity contribution is 5.73. The van der Waals surface area contributed by atoms with E-state index in [1.54, 1.807) is 0 Å². The average Bonchev–Trinajstić information content (AvgIpc) is 2.96. The molecular formula is C13H26N2O2. The van der Waals surface area contributed by atoms with Crippen molar-refractivity contribution in [1.29, 1.82) is 0 Å². The van der Waals surface area contributed by atoms with Crippen molar-refractivity contribution in [2.45, 2.75) is 58.7 Å². The third-order valence-corrected chi connectivity index (χ3v) is 2.91. The van der Waals surface area contributed by atoms with Gasteiger partial charge in [-0.15, -0.1) is 0 Å². The van der Waals surface area contributed by atoms with E-state index in [-0.39, 0.29) is 6.04 Å². The molecule has 1 fully saturated rings. The van der Waals surface area contributed by atoms with Gasteiger partial charge in [0.05, 0.1) is 0 Å². The standard InChI is InChI=1S/C13H26N2O2/c1-9(2)7-15(11-5-6-11)8-12(13(16)17)14-10(3)4/h9-12,14H,5-8H2,1-4H3,(H,16,17). The lowest BCUT2D eigenvalue weighted by atomic mass is 10.1. The van der Waals surface area contributed by atoms with Crippen molar-refractivity contribution in [2.24, 2.45) is 5.92 Å². The highest BCUT2D eigenvalue weighted by atomic mass is 16.4. The predicted molar refractivity (Wildman–Crippen MR) is 69.1 cm³/mol. The van der Waals surface area contributed by atoms with E-state index in [4.69, 9.17) is 0 Å². The number of hydrogen-bond acceptors (Lipinski definition) is 3. The molecule has 1 saturated carbocycles. The minimum absolute atomic E-state index is 0.205. The zero-order valence-corrected chi connectivity index (χ0v) is 11.4. The topological polar surface area (TPSA) is 52.6 Å². The van der Waals surface area contributed by atoms with E-state index in [0.29, 0.717) is 18.5 Å². The van der Waals surface area contributed by atoms with Crippen molar-refractivity contribution >= 4 is 5.97 Å². The molecule has 0 amide bonds. The van der Waals surface area contributed by atoms with Gasteiger partial charge in [0.2, 0.25) is 0 Å². The molecule has 1 atom stereocenters. The van der Waals surface area contributed by atoms with Crippen molar-refractivity contribution in [1.82, 2.24) is 10.2 Å². The molecule has 2 N–H and O–H groups in total. The van der Waals surface area contributed by atoms with Crippen LogP contribution in [0.4, 0.5) is 0 Å². The van der Waals surface area contributed by atoms with Gasteiger partial charge in [0, 0.05) is 25.2 Å². The number of aliphatic carboxylic acids is 1. The molecule has 1 rings (SSSR count). The van der Waals surface area contributed by atoms with Crippen molar-refractivity contribution in [3.8, 4) is 0 Å². The normalized spacial score (nSPS) is 18.1. The van der Waals surface area contributed by atoms with Gasteiger partial charge in [0.15, 0.2) is 0 Å². The molecule has 1 unspecified atom stereocenters. The number of carboxylic acids is 1. The first-order valence-electron chi connectivity index (χ1n) is 6.63. The lowest BCUT2D eigenvalue weighted by Gasteiger charge is -2.28. The Bertz CT molecular complexity index is 250. The Morgan fingerprint density at radius 3 is 2.24 bits per heavy atom. The molecule has 0 heterocycles. The van der Waals surface area contributed by atoms with Crippen molar-refractivity contribution in [3.63, 3.8) is 0 Å². The summed E-state index contributed by atoms with van der Waals surface area (Å²) in [6.45, 7) is 9.95. The molecule has 4 nitrogen and oxygen atoms in total. The van der Waals surface area contributed by atoms with Crippen LogP contribution in [-0.4, -0.2) is 47.2 Å². The maximum Gasteiger partial charge on any atom is 0.322 e. The zero-order valence-electron chi connectivity index (χ0n) is 11.4. The van der Waals surface area contributed by atoms with Crippen LogP contribution in [-0.2, 0) is 4.79 Å². The molecule has 0 aliphatic heterocycles. The van der Waals surface area contributed by atoms with Crippen molar-refractivity contribution in [2.75, 3.05) is 13.1 Å². The molecule has 0 radical (unpaired) electrons. The van der Waals surface area contributed by atoms with Gasteiger partial charge in [-0.2, -0.15) is 0 Å². The van der Waals surface area contributed by atoms with Crippen LogP contribution in [0.2, 0.25) is 0 Å². The monoisotopic (exact) mass is 242 g/mol. The maximum absolute atomic E-state index is 11.2. The predicted octanol–water partition coefficient (Wildman–Crippen LogP) is 1.56. The molecule has 0 bridgehead atoms. The molecule has 0 aromatic carbocycles. The van der Waals surface area contributed by atoms with Gasteiger partial charge in [0.1, 0.15) is 6.04 Å². The van der Waals surface area contributed by atoms with E-state index in [0.717, 1.165) is 6.54 Å². The third-order valence-electron chi connectivity index (χ3n) is 2.91. The van der Waals surface area contributed by atoms with E-state index in [9.17, 15) is 9.90 Å². The SMILES string of the molecule is CC(C)CN(CC(NC(C)C)C(=O)O)C1CC1. The first-order valence-corrected chi connectivity index (χ1v) is 6.63. The van der Waals surface area contributed by atoms with E-state index >= 15 is 0 Å². The number of nitrogens with one attached hydrogen (secondary N) is 1. The van der Waals surface area contributed by atoms with Crippen LogP contribution in [0.3, 0.4) is 0 Å². The second-order valence-corrected chi connectivity index (χ2v) is 5.79. The van der Waals surface area contributed by atoms with Crippen LogP contribution in [0.5, 0.6) is 0 Å². The molecule has 100 valence electrons. The molecule has 4 heteroatoms. The van der Waals surface area contributed by atoms with Crippen LogP contribution in [0.15, 0.2) is 0 Å².